The highest BCUT2D eigenvalue weighted by atomic mass is 16.5. The monoisotopic (exact) mass is 249 g/mol. The first-order valence-electron chi connectivity index (χ1n) is 6.15. The molecule has 18 heavy (non-hydrogen) atoms. The van der Waals surface area contributed by atoms with Crippen molar-refractivity contribution in [3.63, 3.8) is 0 Å². The minimum Gasteiger partial charge on any atom is -0.397 e. The van der Waals surface area contributed by atoms with E-state index in [4.69, 9.17) is 10.5 Å². The maximum atomic E-state index is 11.8. The Labute approximate surface area is 107 Å². The summed E-state index contributed by atoms with van der Waals surface area (Å²) in [6.07, 6.45) is 4.92. The van der Waals surface area contributed by atoms with Crippen molar-refractivity contribution in [3.05, 3.63) is 24.0 Å². The number of nitrogens with two attached hydrogens (primary N) is 1. The fraction of sp³-hybridized carbons (Fsp3) is 0.538. The number of ether oxygens (including phenoxy) is 1. The van der Waals surface area contributed by atoms with Gasteiger partial charge in [0.2, 0.25) is 5.91 Å². The molecule has 1 amide bonds. The first-order valence-corrected chi connectivity index (χ1v) is 6.15. The molecule has 2 rings (SSSR count). The van der Waals surface area contributed by atoms with Gasteiger partial charge in [-0.05, 0) is 24.0 Å². The Hall–Kier alpha value is -1.62. The van der Waals surface area contributed by atoms with Gasteiger partial charge in [0.05, 0.1) is 12.3 Å². The third-order valence-electron chi connectivity index (χ3n) is 3.20. The summed E-state index contributed by atoms with van der Waals surface area (Å²) in [6.45, 7) is 2.08. The van der Waals surface area contributed by atoms with E-state index in [1.807, 2.05) is 17.2 Å². The average molecular weight is 249 g/mol. The molecule has 1 atom stereocenters. The Bertz CT molecular complexity index is 422. The summed E-state index contributed by atoms with van der Waals surface area (Å²) in [4.78, 5) is 17.7. The van der Waals surface area contributed by atoms with Crippen molar-refractivity contribution >= 4 is 11.6 Å². The van der Waals surface area contributed by atoms with Gasteiger partial charge in [-0.1, -0.05) is 0 Å². The lowest BCUT2D eigenvalue weighted by atomic mass is 9.99. The van der Waals surface area contributed by atoms with Gasteiger partial charge in [-0.2, -0.15) is 0 Å². The van der Waals surface area contributed by atoms with Crippen LogP contribution >= 0.6 is 0 Å². The quantitative estimate of drug-likeness (QED) is 0.834. The van der Waals surface area contributed by atoms with E-state index in [1.165, 1.54) is 0 Å². The molecule has 5 heteroatoms. The Morgan fingerprint density at radius 3 is 3.11 bits per heavy atom. The van der Waals surface area contributed by atoms with Gasteiger partial charge in [0.25, 0.3) is 0 Å². The van der Waals surface area contributed by atoms with Gasteiger partial charge in [-0.3, -0.25) is 9.78 Å². The van der Waals surface area contributed by atoms with E-state index < -0.39 is 0 Å². The van der Waals surface area contributed by atoms with E-state index in [0.29, 0.717) is 31.2 Å². The predicted molar refractivity (Wildman–Crippen MR) is 68.9 cm³/mol. The van der Waals surface area contributed by atoms with Crippen molar-refractivity contribution in [2.24, 2.45) is 5.92 Å². The van der Waals surface area contributed by atoms with Crippen LogP contribution in [0, 0.1) is 5.92 Å². The van der Waals surface area contributed by atoms with E-state index in [0.717, 1.165) is 18.5 Å². The molecular formula is C13H19N3O2. The number of carbonyl (C=O) groups excluding carboxylic acids is 1. The fourth-order valence-electron chi connectivity index (χ4n) is 2.36. The van der Waals surface area contributed by atoms with Gasteiger partial charge in [-0.25, -0.2) is 0 Å². The number of nitrogens with zero attached hydrogens (tertiary/aromatic N) is 2. The molecule has 0 bridgehead atoms. The smallest absolute Gasteiger partial charge is 0.223 e. The van der Waals surface area contributed by atoms with E-state index in [1.54, 1.807) is 13.3 Å². The Balaban J connectivity index is 1.90. The molecular weight excluding hydrogens is 230 g/mol. The predicted octanol–water partition coefficient (Wildman–Crippen LogP) is 0.701. The molecule has 2 heterocycles. The molecule has 5 nitrogen and oxygen atoms in total. The number of aromatic nitrogens is 1. The molecule has 1 aromatic heterocycles. The fourth-order valence-corrected chi connectivity index (χ4v) is 2.36. The highest BCUT2D eigenvalue weighted by molar-refractivity contribution is 5.78. The third kappa shape index (κ3) is 3.20. The highest BCUT2D eigenvalue weighted by Gasteiger charge is 2.29. The van der Waals surface area contributed by atoms with Gasteiger partial charge in [0, 0.05) is 39.0 Å². The molecule has 0 aromatic carbocycles. The second-order valence-corrected chi connectivity index (χ2v) is 4.73. The summed E-state index contributed by atoms with van der Waals surface area (Å²) in [7, 11) is 1.65. The molecule has 1 aromatic rings. The number of hydrogen-bond acceptors (Lipinski definition) is 4. The molecule has 1 unspecified atom stereocenters. The minimum atomic E-state index is 0.217. The summed E-state index contributed by atoms with van der Waals surface area (Å²) < 4.78 is 5.00. The summed E-state index contributed by atoms with van der Waals surface area (Å²) in [6, 6.07) is 1.93. The number of pyridine rings is 1. The lowest BCUT2D eigenvalue weighted by Crippen LogP contribution is -2.28. The van der Waals surface area contributed by atoms with E-state index in [2.05, 4.69) is 4.98 Å². The van der Waals surface area contributed by atoms with Crippen molar-refractivity contribution in [3.8, 4) is 0 Å². The van der Waals surface area contributed by atoms with Crippen molar-refractivity contribution in [2.75, 3.05) is 32.5 Å². The molecule has 0 spiro atoms. The summed E-state index contributed by atoms with van der Waals surface area (Å²) in [5.41, 5.74) is 7.47. The van der Waals surface area contributed by atoms with Crippen molar-refractivity contribution in [1.82, 2.24) is 9.88 Å². The first kappa shape index (κ1) is 12.8. The van der Waals surface area contributed by atoms with E-state index in [-0.39, 0.29) is 5.91 Å². The van der Waals surface area contributed by atoms with Crippen LogP contribution in [0.5, 0.6) is 0 Å². The van der Waals surface area contributed by atoms with Gasteiger partial charge in [0.1, 0.15) is 0 Å². The van der Waals surface area contributed by atoms with Gasteiger partial charge in [-0.15, -0.1) is 0 Å². The number of hydrogen-bond donors (Lipinski definition) is 1. The molecule has 0 aliphatic carbocycles. The number of carbonyl (C=O) groups is 1. The van der Waals surface area contributed by atoms with Gasteiger partial charge in [0.15, 0.2) is 0 Å². The van der Waals surface area contributed by atoms with Crippen molar-refractivity contribution < 1.29 is 9.53 Å². The van der Waals surface area contributed by atoms with E-state index in [9.17, 15) is 4.79 Å². The second-order valence-electron chi connectivity index (χ2n) is 4.73. The number of nitrogen functional groups attached to an aromatic ring is 1. The molecule has 1 aliphatic heterocycles. The van der Waals surface area contributed by atoms with Crippen LogP contribution in [-0.2, 0) is 16.0 Å². The molecule has 1 saturated heterocycles. The van der Waals surface area contributed by atoms with Gasteiger partial charge < -0.3 is 15.4 Å². The van der Waals surface area contributed by atoms with Crippen LogP contribution < -0.4 is 5.73 Å². The van der Waals surface area contributed by atoms with Crippen LogP contribution in [0.2, 0.25) is 0 Å². The number of methoxy groups -OCH3 is 1. The Kier molecular flexibility index (Phi) is 4.15. The van der Waals surface area contributed by atoms with Crippen molar-refractivity contribution in [1.29, 1.82) is 0 Å². The first-order chi connectivity index (χ1) is 8.69. The van der Waals surface area contributed by atoms with E-state index >= 15 is 0 Å². The lowest BCUT2D eigenvalue weighted by Gasteiger charge is -2.15. The highest BCUT2D eigenvalue weighted by Crippen LogP contribution is 2.22. The molecule has 1 aliphatic rings. The lowest BCUT2D eigenvalue weighted by molar-refractivity contribution is -0.128. The van der Waals surface area contributed by atoms with Crippen molar-refractivity contribution in [2.45, 2.75) is 12.8 Å². The van der Waals surface area contributed by atoms with Crippen LogP contribution in [0.4, 0.5) is 5.69 Å². The van der Waals surface area contributed by atoms with Crippen LogP contribution in [0.15, 0.2) is 18.5 Å². The second kappa shape index (κ2) is 5.82. The van der Waals surface area contributed by atoms with Crippen LogP contribution in [0.3, 0.4) is 0 Å². The number of amides is 1. The molecule has 0 radical (unpaired) electrons. The summed E-state index contributed by atoms with van der Waals surface area (Å²) in [5, 5.41) is 0. The van der Waals surface area contributed by atoms with Crippen LogP contribution in [0.25, 0.3) is 0 Å². The van der Waals surface area contributed by atoms with Crippen LogP contribution in [0.1, 0.15) is 12.0 Å². The maximum Gasteiger partial charge on any atom is 0.223 e. The third-order valence-corrected chi connectivity index (χ3v) is 3.20. The summed E-state index contributed by atoms with van der Waals surface area (Å²) >= 11 is 0. The molecule has 0 saturated carbocycles. The summed E-state index contributed by atoms with van der Waals surface area (Å²) in [5.74, 6) is 0.576. The molecule has 98 valence electrons. The minimum absolute atomic E-state index is 0.217. The number of likely N-dealkylation sites (tertiary alicyclic amines) is 1. The SMILES string of the molecule is COCCN1CC(Cc2cncc(N)c2)CC1=O. The standard InChI is InChI=1S/C13H19N3O2/c1-18-3-2-16-9-11(6-13(16)17)4-10-5-12(14)8-15-7-10/h5,7-8,11H,2-4,6,9,14H2,1H3. The molecule has 2 N–H and O–H groups in total. The normalized spacial score (nSPS) is 19.5. The van der Waals surface area contributed by atoms with Gasteiger partial charge >= 0.3 is 0 Å². The topological polar surface area (TPSA) is 68.4 Å². The number of rotatable bonds is 5. The zero-order chi connectivity index (χ0) is 13.0. The maximum absolute atomic E-state index is 11.8. The van der Waals surface area contributed by atoms with Crippen LogP contribution in [-0.4, -0.2) is 42.6 Å². The Morgan fingerprint density at radius 2 is 2.39 bits per heavy atom. The molecule has 1 fully saturated rings. The zero-order valence-electron chi connectivity index (χ0n) is 10.6. The average Bonchev–Trinajstić information content (AvgIpc) is 2.67. The Morgan fingerprint density at radius 1 is 1.56 bits per heavy atom. The number of anilines is 1. The largest absolute Gasteiger partial charge is 0.397 e. The zero-order valence-corrected chi connectivity index (χ0v) is 10.6.